The highest BCUT2D eigenvalue weighted by atomic mass is 35.5. The van der Waals surface area contributed by atoms with Crippen LogP contribution in [0.5, 0.6) is 0 Å². The predicted molar refractivity (Wildman–Crippen MR) is 68.7 cm³/mol. The van der Waals surface area contributed by atoms with Gasteiger partial charge in [0.1, 0.15) is 5.52 Å². The lowest BCUT2D eigenvalue weighted by Crippen LogP contribution is -2.41. The summed E-state index contributed by atoms with van der Waals surface area (Å²) in [6.45, 7) is 1.04. The highest BCUT2D eigenvalue weighted by molar-refractivity contribution is 6.18. The first-order valence-corrected chi connectivity index (χ1v) is 6.54. The average molecular weight is 251 g/mol. The molecule has 0 aliphatic carbocycles. The first-order valence-electron chi connectivity index (χ1n) is 6.01. The molecule has 1 unspecified atom stereocenters. The summed E-state index contributed by atoms with van der Waals surface area (Å²) in [6.07, 6.45) is 9.11. The third kappa shape index (κ3) is 1.86. The molecule has 0 radical (unpaired) electrons. The van der Waals surface area contributed by atoms with Crippen molar-refractivity contribution in [2.75, 3.05) is 17.3 Å². The zero-order valence-corrected chi connectivity index (χ0v) is 10.3. The van der Waals surface area contributed by atoms with Crippen molar-refractivity contribution < 1.29 is 0 Å². The van der Waals surface area contributed by atoms with Gasteiger partial charge < -0.3 is 4.90 Å². The Bertz CT molecular complexity index is 510. The molecule has 0 amide bonds. The number of anilines is 1. The summed E-state index contributed by atoms with van der Waals surface area (Å²) in [6, 6.07) is 2.40. The molecule has 17 heavy (non-hydrogen) atoms. The van der Waals surface area contributed by atoms with Crippen molar-refractivity contribution in [3.63, 3.8) is 0 Å². The van der Waals surface area contributed by atoms with Gasteiger partial charge in [-0.15, -0.1) is 11.6 Å². The molecule has 2 aromatic rings. The Morgan fingerprint density at radius 2 is 2.29 bits per heavy atom. The van der Waals surface area contributed by atoms with E-state index in [1.807, 2.05) is 16.8 Å². The third-order valence-corrected chi connectivity index (χ3v) is 3.74. The summed E-state index contributed by atoms with van der Waals surface area (Å²) < 4.78 is 1.86. The molecule has 90 valence electrons. The number of hydrogen-bond acceptors (Lipinski definition) is 3. The van der Waals surface area contributed by atoms with Crippen molar-refractivity contribution in [2.24, 2.45) is 0 Å². The minimum atomic E-state index is 0.402. The lowest BCUT2D eigenvalue weighted by molar-refractivity contribution is 0.485. The van der Waals surface area contributed by atoms with Gasteiger partial charge in [0, 0.05) is 30.9 Å². The van der Waals surface area contributed by atoms with Gasteiger partial charge >= 0.3 is 0 Å². The fourth-order valence-electron chi connectivity index (χ4n) is 2.50. The molecular formula is C12H15ClN4. The van der Waals surface area contributed by atoms with E-state index < -0.39 is 0 Å². The van der Waals surface area contributed by atoms with Crippen LogP contribution in [0.4, 0.5) is 5.82 Å². The quantitative estimate of drug-likeness (QED) is 0.767. The minimum absolute atomic E-state index is 0.402. The summed E-state index contributed by atoms with van der Waals surface area (Å²) in [5.41, 5.74) is 1.06. The van der Waals surface area contributed by atoms with E-state index in [0.717, 1.165) is 24.3 Å². The Hall–Kier alpha value is -1.29. The van der Waals surface area contributed by atoms with Crippen LogP contribution in [0.15, 0.2) is 24.7 Å². The van der Waals surface area contributed by atoms with Crippen molar-refractivity contribution in [1.29, 1.82) is 0 Å². The minimum Gasteiger partial charge on any atom is -0.351 e. The summed E-state index contributed by atoms with van der Waals surface area (Å²) in [7, 11) is 0. The molecule has 3 rings (SSSR count). The molecule has 1 fully saturated rings. The Kier molecular flexibility index (Phi) is 2.89. The lowest BCUT2D eigenvalue weighted by atomic mass is 10.0. The Morgan fingerprint density at radius 1 is 1.35 bits per heavy atom. The molecule has 1 aliphatic heterocycles. The van der Waals surface area contributed by atoms with E-state index in [2.05, 4.69) is 15.0 Å². The highest BCUT2D eigenvalue weighted by Gasteiger charge is 2.24. The molecule has 3 heterocycles. The van der Waals surface area contributed by atoms with Crippen LogP contribution in [-0.2, 0) is 0 Å². The van der Waals surface area contributed by atoms with E-state index in [4.69, 9.17) is 11.6 Å². The van der Waals surface area contributed by atoms with Crippen LogP contribution in [0.3, 0.4) is 0 Å². The molecule has 1 saturated heterocycles. The molecule has 4 nitrogen and oxygen atoms in total. The van der Waals surface area contributed by atoms with Gasteiger partial charge in [-0.2, -0.15) is 5.10 Å². The van der Waals surface area contributed by atoms with Gasteiger partial charge in [0.05, 0.1) is 6.20 Å². The van der Waals surface area contributed by atoms with Crippen molar-refractivity contribution in [3.8, 4) is 0 Å². The van der Waals surface area contributed by atoms with Crippen LogP contribution in [-0.4, -0.2) is 33.1 Å². The molecule has 0 N–H and O–H groups in total. The van der Waals surface area contributed by atoms with Gasteiger partial charge in [-0.1, -0.05) is 0 Å². The smallest absolute Gasteiger partial charge is 0.154 e. The molecule has 5 heteroatoms. The van der Waals surface area contributed by atoms with E-state index >= 15 is 0 Å². The second-order valence-electron chi connectivity index (χ2n) is 4.41. The number of fused-ring (bicyclic) bond motifs is 1. The van der Waals surface area contributed by atoms with Crippen LogP contribution in [0, 0.1) is 0 Å². The summed E-state index contributed by atoms with van der Waals surface area (Å²) in [4.78, 5) is 6.83. The van der Waals surface area contributed by atoms with Crippen LogP contribution in [0.2, 0.25) is 0 Å². The topological polar surface area (TPSA) is 33.4 Å². The maximum absolute atomic E-state index is 6.06. The standard InChI is InChI=1S/C12H15ClN4/c13-9-10-3-1-2-7-16(10)12-11-4-5-15-17(11)8-6-14-12/h4-6,8,10H,1-3,7,9H2. The zero-order valence-electron chi connectivity index (χ0n) is 9.59. The van der Waals surface area contributed by atoms with Crippen molar-refractivity contribution in [1.82, 2.24) is 14.6 Å². The van der Waals surface area contributed by atoms with E-state index in [9.17, 15) is 0 Å². The van der Waals surface area contributed by atoms with Crippen LogP contribution >= 0.6 is 11.6 Å². The third-order valence-electron chi connectivity index (χ3n) is 3.38. The van der Waals surface area contributed by atoms with Crippen LogP contribution < -0.4 is 4.90 Å². The number of halogens is 1. The SMILES string of the molecule is ClCC1CCCCN1c1nccn2nccc12. The van der Waals surface area contributed by atoms with Gasteiger partial charge in [0.2, 0.25) is 0 Å². The molecule has 0 bridgehead atoms. The number of hydrogen-bond donors (Lipinski definition) is 0. The number of alkyl halides is 1. The lowest BCUT2D eigenvalue weighted by Gasteiger charge is -2.35. The molecule has 0 saturated carbocycles. The fraction of sp³-hybridized carbons (Fsp3) is 0.500. The second kappa shape index (κ2) is 4.53. The predicted octanol–water partition coefficient (Wildman–Crippen LogP) is 2.33. The zero-order chi connectivity index (χ0) is 11.7. The molecule has 0 spiro atoms. The van der Waals surface area contributed by atoms with Crippen LogP contribution in [0.25, 0.3) is 5.52 Å². The van der Waals surface area contributed by atoms with E-state index in [1.165, 1.54) is 12.8 Å². The van der Waals surface area contributed by atoms with Gasteiger partial charge in [-0.3, -0.25) is 0 Å². The number of rotatable bonds is 2. The van der Waals surface area contributed by atoms with E-state index in [-0.39, 0.29) is 0 Å². The highest BCUT2D eigenvalue weighted by Crippen LogP contribution is 2.26. The van der Waals surface area contributed by atoms with E-state index in [1.54, 1.807) is 12.4 Å². The Balaban J connectivity index is 2.04. The summed E-state index contributed by atoms with van der Waals surface area (Å²) >= 11 is 6.06. The normalized spacial score (nSPS) is 21.0. The maximum Gasteiger partial charge on any atom is 0.154 e. The largest absolute Gasteiger partial charge is 0.351 e. The molecule has 0 aromatic carbocycles. The first kappa shape index (κ1) is 10.8. The van der Waals surface area contributed by atoms with E-state index in [0.29, 0.717) is 11.9 Å². The number of nitrogens with zero attached hydrogens (tertiary/aromatic N) is 4. The number of aromatic nitrogens is 3. The van der Waals surface area contributed by atoms with Gasteiger partial charge in [0.25, 0.3) is 0 Å². The molecular weight excluding hydrogens is 236 g/mol. The Morgan fingerprint density at radius 3 is 3.18 bits per heavy atom. The number of piperidine rings is 1. The van der Waals surface area contributed by atoms with Crippen LogP contribution in [0.1, 0.15) is 19.3 Å². The average Bonchev–Trinajstić information content (AvgIpc) is 2.86. The summed E-state index contributed by atoms with van der Waals surface area (Å²) in [5.74, 6) is 1.67. The maximum atomic E-state index is 6.06. The van der Waals surface area contributed by atoms with Gasteiger partial charge in [0.15, 0.2) is 5.82 Å². The van der Waals surface area contributed by atoms with Gasteiger partial charge in [-0.05, 0) is 25.3 Å². The molecule has 1 aliphatic rings. The fourth-order valence-corrected chi connectivity index (χ4v) is 2.83. The summed E-state index contributed by atoms with van der Waals surface area (Å²) in [5, 5.41) is 4.24. The molecule has 2 aromatic heterocycles. The van der Waals surface area contributed by atoms with Crippen molar-refractivity contribution >= 4 is 22.9 Å². The van der Waals surface area contributed by atoms with Crippen molar-refractivity contribution in [2.45, 2.75) is 25.3 Å². The monoisotopic (exact) mass is 250 g/mol. The van der Waals surface area contributed by atoms with Gasteiger partial charge in [-0.25, -0.2) is 9.50 Å². The van der Waals surface area contributed by atoms with Crippen molar-refractivity contribution in [3.05, 3.63) is 24.7 Å². The first-order chi connectivity index (χ1) is 8.40. The Labute approximate surface area is 105 Å². The molecule has 1 atom stereocenters. The second-order valence-corrected chi connectivity index (χ2v) is 4.72.